The molecule has 1 N–H and O–H groups in total. The van der Waals surface area contributed by atoms with Crippen molar-refractivity contribution in [1.82, 2.24) is 15.1 Å². The first-order valence-electron chi connectivity index (χ1n) is 11.1. The molecule has 0 unspecified atom stereocenters. The van der Waals surface area contributed by atoms with Crippen LogP contribution in [0.15, 0.2) is 54.6 Å². The van der Waals surface area contributed by atoms with Gasteiger partial charge in [0.15, 0.2) is 0 Å². The van der Waals surface area contributed by atoms with Crippen LogP contribution in [-0.4, -0.2) is 61.9 Å². The van der Waals surface area contributed by atoms with E-state index in [1.165, 1.54) is 0 Å². The van der Waals surface area contributed by atoms with Gasteiger partial charge in [-0.15, -0.1) is 0 Å². The minimum Gasteiger partial charge on any atom is -0.355 e. The molecule has 0 radical (unpaired) electrons. The molecule has 0 bridgehead atoms. The number of benzene rings is 2. The Morgan fingerprint density at radius 2 is 1.55 bits per heavy atom. The molecule has 1 aliphatic heterocycles. The van der Waals surface area contributed by atoms with E-state index in [4.69, 9.17) is 0 Å². The molecule has 1 saturated heterocycles. The average molecular weight is 422 g/mol. The van der Waals surface area contributed by atoms with E-state index in [0.717, 1.165) is 17.7 Å². The molecule has 2 amide bonds. The van der Waals surface area contributed by atoms with Crippen LogP contribution < -0.4 is 5.32 Å². The van der Waals surface area contributed by atoms with Gasteiger partial charge in [0.2, 0.25) is 5.91 Å². The second kappa shape index (κ2) is 10.1. The number of nitrogens with one attached hydrogen (secondary N) is 1. The van der Waals surface area contributed by atoms with E-state index in [9.17, 15) is 9.59 Å². The average Bonchev–Trinajstić information content (AvgIpc) is 2.77. The van der Waals surface area contributed by atoms with Crippen molar-refractivity contribution in [1.29, 1.82) is 0 Å². The van der Waals surface area contributed by atoms with E-state index < -0.39 is 0 Å². The van der Waals surface area contributed by atoms with Crippen LogP contribution in [-0.2, 0) is 4.79 Å². The molecule has 5 nitrogen and oxygen atoms in total. The summed E-state index contributed by atoms with van der Waals surface area (Å²) in [5.74, 6) is 0.149. The van der Waals surface area contributed by atoms with E-state index in [1.807, 2.05) is 61.5 Å². The summed E-state index contributed by atoms with van der Waals surface area (Å²) in [5.41, 5.74) is 2.97. The van der Waals surface area contributed by atoms with Gasteiger partial charge in [-0.1, -0.05) is 56.3 Å². The van der Waals surface area contributed by atoms with Crippen LogP contribution in [0.5, 0.6) is 0 Å². The van der Waals surface area contributed by atoms with Crippen molar-refractivity contribution in [3.05, 3.63) is 60.2 Å². The van der Waals surface area contributed by atoms with Crippen LogP contribution >= 0.6 is 0 Å². The van der Waals surface area contributed by atoms with Crippen molar-refractivity contribution in [2.24, 2.45) is 11.3 Å². The van der Waals surface area contributed by atoms with Gasteiger partial charge in [0.25, 0.3) is 5.91 Å². The van der Waals surface area contributed by atoms with Crippen molar-refractivity contribution in [3.8, 4) is 11.1 Å². The molecular weight excluding hydrogens is 386 g/mol. The summed E-state index contributed by atoms with van der Waals surface area (Å²) in [6, 6.07) is 17.9. The van der Waals surface area contributed by atoms with Gasteiger partial charge in [0.05, 0.1) is 0 Å². The Hall–Kier alpha value is -2.66. The van der Waals surface area contributed by atoms with E-state index in [-0.39, 0.29) is 23.1 Å². The largest absolute Gasteiger partial charge is 0.355 e. The first kappa shape index (κ1) is 23.0. The van der Waals surface area contributed by atoms with Crippen molar-refractivity contribution in [2.45, 2.75) is 26.7 Å². The highest BCUT2D eigenvalue weighted by molar-refractivity contribution is 5.95. The SMILES string of the molecule is CN(C)CC(C)(C)CNC(=O)C1CCN(C(=O)c2ccc(-c3ccccc3)cc2)CC1. The fraction of sp³-hybridized carbons (Fsp3) is 0.462. The summed E-state index contributed by atoms with van der Waals surface area (Å²) in [5, 5.41) is 3.13. The Morgan fingerprint density at radius 3 is 2.13 bits per heavy atom. The number of rotatable bonds is 7. The maximum absolute atomic E-state index is 12.9. The van der Waals surface area contributed by atoms with Gasteiger partial charge in [-0.25, -0.2) is 0 Å². The second-order valence-corrected chi connectivity index (χ2v) is 9.63. The smallest absolute Gasteiger partial charge is 0.253 e. The first-order chi connectivity index (χ1) is 14.7. The fourth-order valence-electron chi connectivity index (χ4n) is 4.35. The van der Waals surface area contributed by atoms with E-state index in [1.54, 1.807) is 0 Å². The second-order valence-electron chi connectivity index (χ2n) is 9.63. The normalized spacial score (nSPS) is 15.2. The summed E-state index contributed by atoms with van der Waals surface area (Å²) >= 11 is 0. The number of carbonyl (C=O) groups is 2. The van der Waals surface area contributed by atoms with Crippen molar-refractivity contribution >= 4 is 11.8 Å². The van der Waals surface area contributed by atoms with Crippen LogP contribution in [0.25, 0.3) is 11.1 Å². The first-order valence-corrected chi connectivity index (χ1v) is 11.1. The molecule has 0 saturated carbocycles. The lowest BCUT2D eigenvalue weighted by molar-refractivity contribution is -0.126. The van der Waals surface area contributed by atoms with Crippen molar-refractivity contribution in [2.75, 3.05) is 40.3 Å². The highest BCUT2D eigenvalue weighted by Gasteiger charge is 2.29. The summed E-state index contributed by atoms with van der Waals surface area (Å²) in [7, 11) is 4.09. The fourth-order valence-corrected chi connectivity index (χ4v) is 4.35. The Kier molecular flexibility index (Phi) is 7.50. The molecule has 0 spiro atoms. The monoisotopic (exact) mass is 421 g/mol. The molecule has 166 valence electrons. The minimum absolute atomic E-state index is 0.0142. The van der Waals surface area contributed by atoms with Gasteiger partial charge < -0.3 is 15.1 Å². The maximum atomic E-state index is 12.9. The molecule has 1 heterocycles. The molecule has 31 heavy (non-hydrogen) atoms. The van der Waals surface area contributed by atoms with Gasteiger partial charge in [0.1, 0.15) is 0 Å². The van der Waals surface area contributed by atoms with Gasteiger partial charge in [-0.3, -0.25) is 9.59 Å². The van der Waals surface area contributed by atoms with Gasteiger partial charge >= 0.3 is 0 Å². The predicted molar refractivity (Wildman–Crippen MR) is 126 cm³/mol. The topological polar surface area (TPSA) is 52.7 Å². The third kappa shape index (κ3) is 6.41. The summed E-state index contributed by atoms with van der Waals surface area (Å²) < 4.78 is 0. The van der Waals surface area contributed by atoms with Crippen LogP contribution in [0.1, 0.15) is 37.0 Å². The Balaban J connectivity index is 1.50. The van der Waals surface area contributed by atoms with Crippen molar-refractivity contribution < 1.29 is 9.59 Å². The number of piperidine rings is 1. The highest BCUT2D eigenvalue weighted by Crippen LogP contribution is 2.23. The van der Waals surface area contributed by atoms with E-state index in [0.29, 0.717) is 38.0 Å². The summed E-state index contributed by atoms with van der Waals surface area (Å²) in [6.45, 7) is 7.16. The third-order valence-corrected chi connectivity index (χ3v) is 5.88. The zero-order valence-electron chi connectivity index (χ0n) is 19.2. The number of hydrogen-bond acceptors (Lipinski definition) is 3. The number of hydrogen-bond donors (Lipinski definition) is 1. The lowest BCUT2D eigenvalue weighted by Crippen LogP contribution is -2.46. The molecule has 1 aliphatic rings. The van der Waals surface area contributed by atoms with E-state index in [2.05, 4.69) is 36.2 Å². The third-order valence-electron chi connectivity index (χ3n) is 5.88. The lowest BCUT2D eigenvalue weighted by atomic mass is 9.91. The standard InChI is InChI=1S/C26H35N3O2/c1-26(2,19-28(3)4)18-27-24(30)22-14-16-29(17-15-22)25(31)23-12-10-21(11-13-23)20-8-6-5-7-9-20/h5-13,22H,14-19H2,1-4H3,(H,27,30). The minimum atomic E-state index is -0.0142. The van der Waals surface area contributed by atoms with Crippen LogP contribution in [0.3, 0.4) is 0 Å². The zero-order chi connectivity index (χ0) is 22.4. The predicted octanol–water partition coefficient (Wildman–Crippen LogP) is 3.91. The Morgan fingerprint density at radius 1 is 0.968 bits per heavy atom. The molecule has 1 fully saturated rings. The maximum Gasteiger partial charge on any atom is 0.253 e. The van der Waals surface area contributed by atoms with Gasteiger partial charge in [-0.2, -0.15) is 0 Å². The molecule has 2 aromatic carbocycles. The molecule has 0 aromatic heterocycles. The number of carbonyl (C=O) groups excluding carboxylic acids is 2. The van der Waals surface area contributed by atoms with Crippen LogP contribution in [0, 0.1) is 11.3 Å². The molecule has 0 aliphatic carbocycles. The summed E-state index contributed by atoms with van der Waals surface area (Å²) in [4.78, 5) is 29.5. The molecule has 2 aromatic rings. The van der Waals surface area contributed by atoms with Gasteiger partial charge in [0, 0.05) is 37.7 Å². The van der Waals surface area contributed by atoms with E-state index >= 15 is 0 Å². The van der Waals surface area contributed by atoms with Crippen LogP contribution in [0.4, 0.5) is 0 Å². The highest BCUT2D eigenvalue weighted by atomic mass is 16.2. The molecule has 3 rings (SSSR count). The summed E-state index contributed by atoms with van der Waals surface area (Å²) in [6.07, 6.45) is 1.43. The van der Waals surface area contributed by atoms with Crippen molar-refractivity contribution in [3.63, 3.8) is 0 Å². The number of likely N-dealkylation sites (tertiary alicyclic amines) is 1. The molecule has 5 heteroatoms. The van der Waals surface area contributed by atoms with Gasteiger partial charge in [-0.05, 0) is 55.6 Å². The Bertz CT molecular complexity index is 867. The Labute approximate surface area is 186 Å². The lowest BCUT2D eigenvalue weighted by Gasteiger charge is -2.33. The van der Waals surface area contributed by atoms with Crippen LogP contribution in [0.2, 0.25) is 0 Å². The molecular formula is C26H35N3O2. The molecule has 0 atom stereocenters. The number of nitrogens with zero attached hydrogens (tertiary/aromatic N) is 2. The quantitative estimate of drug-likeness (QED) is 0.737. The number of amides is 2. The zero-order valence-corrected chi connectivity index (χ0v) is 19.2.